The summed E-state index contributed by atoms with van der Waals surface area (Å²) >= 11 is 6.05. The molecule has 19 heavy (non-hydrogen) atoms. The molecule has 1 spiro atoms. The fourth-order valence-corrected chi connectivity index (χ4v) is 2.93. The van der Waals surface area contributed by atoms with Gasteiger partial charge in [0, 0.05) is 37.7 Å². The molecule has 3 rings (SSSR count). The van der Waals surface area contributed by atoms with Crippen molar-refractivity contribution in [3.8, 4) is 5.75 Å². The van der Waals surface area contributed by atoms with E-state index in [1.54, 1.807) is 7.11 Å². The molecule has 1 aromatic rings. The highest BCUT2D eigenvalue weighted by atomic mass is 35.5. The zero-order chi connectivity index (χ0) is 13.3. The molecule has 0 saturated carbocycles. The van der Waals surface area contributed by atoms with Crippen LogP contribution >= 0.6 is 11.6 Å². The first kappa shape index (κ1) is 13.0. The molecule has 0 amide bonds. The van der Waals surface area contributed by atoms with Gasteiger partial charge in [-0.3, -0.25) is 0 Å². The van der Waals surface area contributed by atoms with Crippen LogP contribution in [0.25, 0.3) is 0 Å². The standard InChI is InChI=1S/C14H18ClNO3/c1-17-13-10-11(2-3-12(13)15)16-6-4-14(5-7-16)18-8-9-19-14/h2-3,10H,4-9H2,1H3. The number of rotatable bonds is 2. The molecule has 0 atom stereocenters. The average Bonchev–Trinajstić information content (AvgIpc) is 2.89. The summed E-state index contributed by atoms with van der Waals surface area (Å²) < 4.78 is 16.7. The molecule has 2 heterocycles. The topological polar surface area (TPSA) is 30.9 Å². The lowest BCUT2D eigenvalue weighted by Gasteiger charge is -2.38. The van der Waals surface area contributed by atoms with Gasteiger partial charge in [0.15, 0.2) is 5.79 Å². The molecule has 0 bridgehead atoms. The predicted molar refractivity (Wildman–Crippen MR) is 74.1 cm³/mol. The largest absolute Gasteiger partial charge is 0.495 e. The maximum atomic E-state index is 6.05. The third-order valence-corrected chi connectivity index (χ3v) is 4.15. The van der Waals surface area contributed by atoms with Gasteiger partial charge in [-0.05, 0) is 12.1 Å². The van der Waals surface area contributed by atoms with Crippen molar-refractivity contribution in [2.24, 2.45) is 0 Å². The molecule has 0 unspecified atom stereocenters. The molecule has 2 aliphatic rings. The van der Waals surface area contributed by atoms with Crippen LogP contribution in [-0.4, -0.2) is 39.2 Å². The highest BCUT2D eigenvalue weighted by Crippen LogP contribution is 2.35. The van der Waals surface area contributed by atoms with E-state index in [-0.39, 0.29) is 5.79 Å². The highest BCUT2D eigenvalue weighted by Gasteiger charge is 2.39. The Balaban J connectivity index is 1.71. The van der Waals surface area contributed by atoms with E-state index in [2.05, 4.69) is 4.90 Å². The van der Waals surface area contributed by atoms with Gasteiger partial charge in [-0.2, -0.15) is 0 Å². The van der Waals surface area contributed by atoms with Crippen molar-refractivity contribution in [3.63, 3.8) is 0 Å². The number of benzene rings is 1. The summed E-state index contributed by atoms with van der Waals surface area (Å²) in [5.74, 6) is 0.389. The minimum absolute atomic E-state index is 0.326. The summed E-state index contributed by atoms with van der Waals surface area (Å²) in [6, 6.07) is 5.89. The second-order valence-electron chi connectivity index (χ2n) is 4.91. The smallest absolute Gasteiger partial charge is 0.171 e. The molecule has 0 aliphatic carbocycles. The van der Waals surface area contributed by atoms with Crippen molar-refractivity contribution in [1.29, 1.82) is 0 Å². The van der Waals surface area contributed by atoms with Crippen LogP contribution in [0.1, 0.15) is 12.8 Å². The third-order valence-electron chi connectivity index (χ3n) is 3.84. The summed E-state index contributed by atoms with van der Waals surface area (Å²) in [7, 11) is 1.64. The lowest BCUT2D eigenvalue weighted by atomic mass is 10.0. The first-order valence-corrected chi connectivity index (χ1v) is 6.97. The van der Waals surface area contributed by atoms with Crippen LogP contribution in [0.4, 0.5) is 5.69 Å². The molecular weight excluding hydrogens is 266 g/mol. The van der Waals surface area contributed by atoms with Gasteiger partial charge in [0.25, 0.3) is 0 Å². The molecule has 5 heteroatoms. The fourth-order valence-electron chi connectivity index (χ4n) is 2.74. The lowest BCUT2D eigenvalue weighted by Crippen LogP contribution is -2.45. The van der Waals surface area contributed by atoms with Crippen molar-refractivity contribution >= 4 is 17.3 Å². The highest BCUT2D eigenvalue weighted by molar-refractivity contribution is 6.32. The van der Waals surface area contributed by atoms with E-state index >= 15 is 0 Å². The average molecular weight is 284 g/mol. The third kappa shape index (κ3) is 2.53. The van der Waals surface area contributed by atoms with E-state index in [0.29, 0.717) is 10.8 Å². The minimum atomic E-state index is -0.326. The molecule has 0 N–H and O–H groups in total. The molecule has 0 aromatic heterocycles. The predicted octanol–water partition coefficient (Wildman–Crippen LogP) is 2.69. The Hall–Kier alpha value is -0.970. The Morgan fingerprint density at radius 1 is 1.21 bits per heavy atom. The Morgan fingerprint density at radius 2 is 1.89 bits per heavy atom. The van der Waals surface area contributed by atoms with Crippen LogP contribution in [0.3, 0.4) is 0 Å². The van der Waals surface area contributed by atoms with Gasteiger partial charge in [0.1, 0.15) is 5.75 Å². The SMILES string of the molecule is COc1cc(N2CCC3(CC2)OCCO3)ccc1Cl. The van der Waals surface area contributed by atoms with Gasteiger partial charge in [0.2, 0.25) is 0 Å². The van der Waals surface area contributed by atoms with Crippen molar-refractivity contribution in [3.05, 3.63) is 23.2 Å². The lowest BCUT2D eigenvalue weighted by molar-refractivity contribution is -0.169. The molecule has 0 radical (unpaired) electrons. The van der Waals surface area contributed by atoms with Crippen LogP contribution in [0, 0.1) is 0 Å². The molecule has 4 nitrogen and oxygen atoms in total. The van der Waals surface area contributed by atoms with Crippen LogP contribution in [-0.2, 0) is 9.47 Å². The zero-order valence-electron chi connectivity index (χ0n) is 11.0. The summed E-state index contributed by atoms with van der Waals surface area (Å²) in [6.45, 7) is 3.28. The number of anilines is 1. The van der Waals surface area contributed by atoms with Crippen LogP contribution < -0.4 is 9.64 Å². The minimum Gasteiger partial charge on any atom is -0.495 e. The van der Waals surface area contributed by atoms with Crippen molar-refractivity contribution < 1.29 is 14.2 Å². The van der Waals surface area contributed by atoms with E-state index in [1.807, 2.05) is 18.2 Å². The number of halogens is 1. The van der Waals surface area contributed by atoms with Crippen LogP contribution in [0.15, 0.2) is 18.2 Å². The number of methoxy groups -OCH3 is 1. The Kier molecular flexibility index (Phi) is 3.56. The Morgan fingerprint density at radius 3 is 2.53 bits per heavy atom. The molecule has 2 fully saturated rings. The quantitative estimate of drug-likeness (QED) is 0.835. The van der Waals surface area contributed by atoms with E-state index in [0.717, 1.165) is 44.8 Å². The molecule has 2 saturated heterocycles. The van der Waals surface area contributed by atoms with E-state index in [4.69, 9.17) is 25.8 Å². The van der Waals surface area contributed by atoms with Gasteiger partial charge in [-0.1, -0.05) is 11.6 Å². The summed E-state index contributed by atoms with van der Waals surface area (Å²) in [6.07, 6.45) is 1.80. The molecule has 2 aliphatic heterocycles. The maximum absolute atomic E-state index is 6.05. The van der Waals surface area contributed by atoms with Gasteiger partial charge in [0.05, 0.1) is 25.3 Å². The van der Waals surface area contributed by atoms with Gasteiger partial charge in [-0.25, -0.2) is 0 Å². The monoisotopic (exact) mass is 283 g/mol. The summed E-state index contributed by atoms with van der Waals surface area (Å²) in [4.78, 5) is 2.31. The second kappa shape index (κ2) is 5.19. The van der Waals surface area contributed by atoms with Crippen LogP contribution in [0.2, 0.25) is 5.02 Å². The Bertz CT molecular complexity index is 450. The number of piperidine rings is 1. The summed E-state index contributed by atoms with van der Waals surface area (Å²) in [5.41, 5.74) is 1.13. The van der Waals surface area contributed by atoms with E-state index in [9.17, 15) is 0 Å². The first-order valence-electron chi connectivity index (χ1n) is 6.59. The number of ether oxygens (including phenoxy) is 3. The zero-order valence-corrected chi connectivity index (χ0v) is 11.8. The van der Waals surface area contributed by atoms with E-state index < -0.39 is 0 Å². The maximum Gasteiger partial charge on any atom is 0.171 e. The van der Waals surface area contributed by atoms with Crippen molar-refractivity contribution in [1.82, 2.24) is 0 Å². The number of hydrogen-bond donors (Lipinski definition) is 0. The van der Waals surface area contributed by atoms with Crippen molar-refractivity contribution in [2.75, 3.05) is 38.3 Å². The first-order chi connectivity index (χ1) is 9.22. The van der Waals surface area contributed by atoms with Gasteiger partial charge >= 0.3 is 0 Å². The van der Waals surface area contributed by atoms with Gasteiger partial charge in [-0.15, -0.1) is 0 Å². The number of hydrogen-bond acceptors (Lipinski definition) is 4. The molecular formula is C14H18ClNO3. The molecule has 1 aromatic carbocycles. The normalized spacial score (nSPS) is 21.9. The van der Waals surface area contributed by atoms with Gasteiger partial charge < -0.3 is 19.1 Å². The summed E-state index contributed by atoms with van der Waals surface area (Å²) in [5, 5.41) is 0.641. The van der Waals surface area contributed by atoms with E-state index in [1.165, 1.54) is 0 Å². The Labute approximate surface area is 118 Å². The van der Waals surface area contributed by atoms with Crippen molar-refractivity contribution in [2.45, 2.75) is 18.6 Å². The van der Waals surface area contributed by atoms with Crippen LogP contribution in [0.5, 0.6) is 5.75 Å². The number of nitrogens with zero attached hydrogens (tertiary/aromatic N) is 1. The second-order valence-corrected chi connectivity index (χ2v) is 5.32. The molecule has 104 valence electrons. The fraction of sp³-hybridized carbons (Fsp3) is 0.571.